The largest absolute Gasteiger partial charge is 0.378 e. The number of benzene rings is 1. The molecule has 8 heteroatoms. The number of morpholine rings is 1. The molecular formula is C17H15N3O3S2. The zero-order valence-electron chi connectivity index (χ0n) is 13.3. The quantitative estimate of drug-likeness (QED) is 0.504. The second-order valence-corrected chi connectivity index (χ2v) is 7.57. The van der Waals surface area contributed by atoms with Crippen LogP contribution in [-0.2, 0) is 4.74 Å². The van der Waals surface area contributed by atoms with E-state index in [0.717, 1.165) is 39.2 Å². The van der Waals surface area contributed by atoms with Crippen LogP contribution in [0.4, 0.5) is 10.1 Å². The Balaban J connectivity index is 1.79. The van der Waals surface area contributed by atoms with E-state index in [1.165, 1.54) is 11.3 Å². The van der Waals surface area contributed by atoms with Crippen LogP contribution in [0.2, 0.25) is 0 Å². The third kappa shape index (κ3) is 3.28. The molecule has 0 unspecified atom stereocenters. The van der Waals surface area contributed by atoms with Gasteiger partial charge in [-0.2, -0.15) is 0 Å². The van der Waals surface area contributed by atoms with Crippen LogP contribution in [0.25, 0.3) is 21.0 Å². The Morgan fingerprint density at radius 3 is 2.52 bits per heavy atom. The van der Waals surface area contributed by atoms with Gasteiger partial charge in [-0.15, -0.1) is 0 Å². The van der Waals surface area contributed by atoms with Crippen LogP contribution < -0.4 is 4.90 Å². The zero-order chi connectivity index (χ0) is 17.2. The average molecular weight is 373 g/mol. The van der Waals surface area contributed by atoms with Crippen LogP contribution in [0.3, 0.4) is 0 Å². The fourth-order valence-corrected chi connectivity index (χ4v) is 4.78. The van der Waals surface area contributed by atoms with Gasteiger partial charge in [0.1, 0.15) is 0 Å². The van der Waals surface area contributed by atoms with Crippen molar-refractivity contribution in [2.45, 2.75) is 0 Å². The molecule has 1 aromatic carbocycles. The number of thiazole rings is 1. The van der Waals surface area contributed by atoms with Gasteiger partial charge < -0.3 is 9.64 Å². The number of nitro groups is 1. The molecule has 0 bridgehead atoms. The molecule has 0 atom stereocenters. The summed E-state index contributed by atoms with van der Waals surface area (Å²) in [6, 6.07) is 13.3. The zero-order valence-corrected chi connectivity index (χ0v) is 14.9. The fourth-order valence-electron chi connectivity index (χ4n) is 2.71. The number of aromatic nitrogens is 1. The van der Waals surface area contributed by atoms with Gasteiger partial charge in [0.25, 0.3) is 0 Å². The number of hydrogen-bond donors (Lipinski definition) is 0. The van der Waals surface area contributed by atoms with Crippen molar-refractivity contribution >= 4 is 32.8 Å². The highest BCUT2D eigenvalue weighted by atomic mass is 32.1. The highest BCUT2D eigenvalue weighted by Gasteiger charge is 2.22. The Morgan fingerprint density at radius 2 is 1.84 bits per heavy atom. The van der Waals surface area contributed by atoms with Crippen LogP contribution in [0.5, 0.6) is 0 Å². The normalized spacial score (nSPS) is 14.6. The van der Waals surface area contributed by atoms with Crippen molar-refractivity contribution in [3.05, 3.63) is 52.6 Å². The molecule has 6 nitrogen and oxygen atoms in total. The summed E-state index contributed by atoms with van der Waals surface area (Å²) in [5.41, 5.74) is 1.90. The van der Waals surface area contributed by atoms with Crippen molar-refractivity contribution in [3.8, 4) is 21.0 Å². The highest BCUT2D eigenvalue weighted by molar-refractivity contribution is 7.25. The Bertz CT molecular complexity index is 886. The van der Waals surface area contributed by atoms with Gasteiger partial charge in [-0.1, -0.05) is 53.0 Å². The van der Waals surface area contributed by atoms with Crippen molar-refractivity contribution in [2.75, 3.05) is 31.2 Å². The molecular weight excluding hydrogens is 358 g/mol. The molecule has 1 aliphatic rings. The second-order valence-electron chi connectivity index (χ2n) is 5.53. The standard InChI is InChI=1S/C17H15N3O3S2/c21-20(22)14-7-6-13(24-14)16-15(12-4-2-1-3-5-12)18-17(25-16)19-8-10-23-11-9-19/h1-7H,8-11H2. The van der Waals surface area contributed by atoms with Gasteiger partial charge >= 0.3 is 5.00 Å². The Morgan fingerprint density at radius 1 is 1.08 bits per heavy atom. The summed E-state index contributed by atoms with van der Waals surface area (Å²) in [7, 11) is 0. The third-order valence-corrected chi connectivity index (χ3v) is 6.27. The second kappa shape index (κ2) is 6.91. The van der Waals surface area contributed by atoms with Gasteiger partial charge in [0.15, 0.2) is 5.13 Å². The van der Waals surface area contributed by atoms with Crippen LogP contribution in [-0.4, -0.2) is 36.2 Å². The van der Waals surface area contributed by atoms with Gasteiger partial charge in [-0.25, -0.2) is 4.98 Å². The van der Waals surface area contributed by atoms with Gasteiger partial charge in [-0.3, -0.25) is 10.1 Å². The van der Waals surface area contributed by atoms with E-state index in [0.29, 0.717) is 13.2 Å². The molecule has 1 fully saturated rings. The van der Waals surface area contributed by atoms with E-state index < -0.39 is 0 Å². The number of anilines is 1. The number of nitrogens with zero attached hydrogens (tertiary/aromatic N) is 3. The van der Waals surface area contributed by atoms with Gasteiger partial charge in [-0.05, 0) is 6.07 Å². The van der Waals surface area contributed by atoms with Crippen LogP contribution in [0.1, 0.15) is 0 Å². The first-order chi connectivity index (χ1) is 12.2. The lowest BCUT2D eigenvalue weighted by Gasteiger charge is -2.26. The smallest absolute Gasteiger partial charge is 0.324 e. The summed E-state index contributed by atoms with van der Waals surface area (Å²) in [4.78, 5) is 19.6. The van der Waals surface area contributed by atoms with E-state index in [4.69, 9.17) is 9.72 Å². The number of ether oxygens (including phenoxy) is 1. The predicted octanol–water partition coefficient (Wildman–Crippen LogP) is 4.28. The van der Waals surface area contributed by atoms with Crippen molar-refractivity contribution < 1.29 is 9.66 Å². The monoisotopic (exact) mass is 373 g/mol. The topological polar surface area (TPSA) is 68.5 Å². The van der Waals surface area contributed by atoms with E-state index in [2.05, 4.69) is 4.90 Å². The maximum Gasteiger partial charge on any atom is 0.324 e. The van der Waals surface area contributed by atoms with Crippen LogP contribution >= 0.6 is 22.7 Å². The minimum absolute atomic E-state index is 0.148. The molecule has 3 aromatic rings. The molecule has 4 rings (SSSR count). The maximum atomic E-state index is 11.0. The number of thiophene rings is 1. The molecule has 2 aromatic heterocycles. The van der Waals surface area contributed by atoms with Crippen molar-refractivity contribution in [1.29, 1.82) is 0 Å². The summed E-state index contributed by atoms with van der Waals surface area (Å²) in [5.74, 6) is 0. The Labute approximate surface area is 152 Å². The molecule has 3 heterocycles. The van der Waals surface area contributed by atoms with Crippen molar-refractivity contribution in [2.24, 2.45) is 0 Å². The first kappa shape index (κ1) is 16.2. The van der Waals surface area contributed by atoms with Crippen LogP contribution in [0.15, 0.2) is 42.5 Å². The van der Waals surface area contributed by atoms with Gasteiger partial charge in [0, 0.05) is 24.7 Å². The molecule has 0 amide bonds. The predicted molar refractivity (Wildman–Crippen MR) is 101 cm³/mol. The maximum absolute atomic E-state index is 11.0. The lowest BCUT2D eigenvalue weighted by atomic mass is 10.1. The highest BCUT2D eigenvalue weighted by Crippen LogP contribution is 2.44. The lowest BCUT2D eigenvalue weighted by molar-refractivity contribution is -0.380. The van der Waals surface area contributed by atoms with Crippen molar-refractivity contribution in [3.63, 3.8) is 0 Å². The number of hydrogen-bond acceptors (Lipinski definition) is 7. The van der Waals surface area contributed by atoms with E-state index in [1.54, 1.807) is 17.4 Å². The van der Waals surface area contributed by atoms with E-state index in [9.17, 15) is 10.1 Å². The SMILES string of the molecule is O=[N+]([O-])c1ccc(-c2sc(N3CCOCC3)nc2-c2ccccc2)s1. The van der Waals surface area contributed by atoms with Crippen LogP contribution in [0, 0.1) is 10.1 Å². The molecule has 0 spiro atoms. The van der Waals surface area contributed by atoms with Gasteiger partial charge in [0.05, 0.1) is 33.6 Å². The lowest BCUT2D eigenvalue weighted by Crippen LogP contribution is -2.36. The molecule has 0 aliphatic carbocycles. The molecule has 25 heavy (non-hydrogen) atoms. The summed E-state index contributed by atoms with van der Waals surface area (Å²) in [6.07, 6.45) is 0. The summed E-state index contributed by atoms with van der Waals surface area (Å²) < 4.78 is 5.42. The number of rotatable bonds is 4. The molecule has 1 saturated heterocycles. The Kier molecular flexibility index (Phi) is 4.48. The Hall–Kier alpha value is -2.29. The molecule has 0 saturated carbocycles. The van der Waals surface area contributed by atoms with E-state index >= 15 is 0 Å². The summed E-state index contributed by atoms with van der Waals surface area (Å²) in [6.45, 7) is 3.01. The molecule has 128 valence electrons. The minimum Gasteiger partial charge on any atom is -0.378 e. The summed E-state index contributed by atoms with van der Waals surface area (Å²) >= 11 is 2.78. The molecule has 0 radical (unpaired) electrons. The molecule has 0 N–H and O–H groups in total. The van der Waals surface area contributed by atoms with Gasteiger partial charge in [0.2, 0.25) is 0 Å². The average Bonchev–Trinajstić information content (AvgIpc) is 3.30. The third-order valence-electron chi connectivity index (χ3n) is 3.94. The van der Waals surface area contributed by atoms with Crippen molar-refractivity contribution in [1.82, 2.24) is 4.98 Å². The fraction of sp³-hybridized carbons (Fsp3) is 0.235. The molecule has 1 aliphatic heterocycles. The first-order valence-electron chi connectivity index (χ1n) is 7.86. The van der Waals surface area contributed by atoms with E-state index in [-0.39, 0.29) is 9.92 Å². The van der Waals surface area contributed by atoms with E-state index in [1.807, 2.05) is 36.4 Å². The first-order valence-corrected chi connectivity index (χ1v) is 9.49. The summed E-state index contributed by atoms with van der Waals surface area (Å²) in [5, 5.41) is 12.1. The minimum atomic E-state index is -0.347.